The molecule has 1 saturated carbocycles. The summed E-state index contributed by atoms with van der Waals surface area (Å²) < 4.78 is 18.8. The zero-order valence-electron chi connectivity index (χ0n) is 12.3. The zero-order valence-corrected chi connectivity index (χ0v) is 12.3. The Kier molecular flexibility index (Phi) is 4.04. The normalized spacial score (nSPS) is 19.5. The summed E-state index contributed by atoms with van der Waals surface area (Å²) in [7, 11) is 0. The molecule has 0 unspecified atom stereocenters. The zero-order chi connectivity index (χ0) is 15.5. The van der Waals surface area contributed by atoms with Gasteiger partial charge in [0.25, 0.3) is 0 Å². The summed E-state index contributed by atoms with van der Waals surface area (Å²) in [6.45, 7) is 2.41. The second-order valence-electron chi connectivity index (χ2n) is 5.56. The van der Waals surface area contributed by atoms with Crippen molar-refractivity contribution in [1.82, 2.24) is 10.3 Å². The number of aromatic nitrogens is 1. The lowest BCUT2D eigenvalue weighted by Gasteiger charge is -2.10. The lowest BCUT2D eigenvalue weighted by atomic mass is 10.2. The van der Waals surface area contributed by atoms with Crippen LogP contribution in [0.4, 0.5) is 4.39 Å². The van der Waals surface area contributed by atoms with Crippen molar-refractivity contribution in [3.05, 3.63) is 54.0 Å². The molecule has 2 atom stereocenters. The van der Waals surface area contributed by atoms with Crippen LogP contribution in [0.15, 0.2) is 42.6 Å². The van der Waals surface area contributed by atoms with Gasteiger partial charge in [-0.3, -0.25) is 4.79 Å². The van der Waals surface area contributed by atoms with Crippen LogP contribution >= 0.6 is 0 Å². The summed E-state index contributed by atoms with van der Waals surface area (Å²) >= 11 is 0. The smallest absolute Gasteiger partial charge is 0.224 e. The van der Waals surface area contributed by atoms with E-state index in [-0.39, 0.29) is 17.6 Å². The minimum atomic E-state index is -0.369. The highest BCUT2D eigenvalue weighted by molar-refractivity contribution is 5.81. The molecule has 2 aromatic rings. The maximum atomic E-state index is 13.2. The molecule has 1 fully saturated rings. The Bertz CT molecular complexity index is 690. The molecule has 0 radical (unpaired) electrons. The first-order chi connectivity index (χ1) is 10.6. The maximum absolute atomic E-state index is 13.2. The summed E-state index contributed by atoms with van der Waals surface area (Å²) in [4.78, 5) is 16.0. The minimum absolute atomic E-state index is 0.0630. The quantitative estimate of drug-likeness (QED) is 0.922. The Hall–Kier alpha value is -2.43. The van der Waals surface area contributed by atoms with Gasteiger partial charge in [0.05, 0.1) is 0 Å². The first kappa shape index (κ1) is 14.5. The molecule has 1 aromatic heterocycles. The van der Waals surface area contributed by atoms with Crippen molar-refractivity contribution in [2.45, 2.75) is 19.9 Å². The van der Waals surface area contributed by atoms with E-state index in [9.17, 15) is 9.18 Å². The molecule has 1 amide bonds. The third-order valence-corrected chi connectivity index (χ3v) is 3.76. The predicted octanol–water partition coefficient (Wildman–Crippen LogP) is 3.29. The number of benzene rings is 1. The minimum Gasteiger partial charge on any atom is -0.439 e. The van der Waals surface area contributed by atoms with Crippen LogP contribution in [0.5, 0.6) is 11.6 Å². The fourth-order valence-electron chi connectivity index (χ4n) is 2.29. The number of hydrogen-bond donors (Lipinski definition) is 1. The lowest BCUT2D eigenvalue weighted by molar-refractivity contribution is -0.122. The molecule has 1 aliphatic rings. The van der Waals surface area contributed by atoms with Crippen LogP contribution in [0.3, 0.4) is 0 Å². The van der Waals surface area contributed by atoms with Crippen molar-refractivity contribution in [3.63, 3.8) is 0 Å². The summed E-state index contributed by atoms with van der Waals surface area (Å²) in [5.74, 6) is 1.04. The highest BCUT2D eigenvalue weighted by atomic mass is 19.1. The van der Waals surface area contributed by atoms with Gasteiger partial charge in [0.15, 0.2) is 0 Å². The van der Waals surface area contributed by atoms with Gasteiger partial charge in [-0.05, 0) is 30.5 Å². The van der Waals surface area contributed by atoms with Gasteiger partial charge in [0.1, 0.15) is 11.6 Å². The third-order valence-electron chi connectivity index (χ3n) is 3.76. The molecule has 1 aliphatic carbocycles. The number of hydrogen-bond acceptors (Lipinski definition) is 3. The van der Waals surface area contributed by atoms with E-state index >= 15 is 0 Å². The summed E-state index contributed by atoms with van der Waals surface area (Å²) in [6.07, 6.45) is 2.55. The van der Waals surface area contributed by atoms with E-state index in [0.29, 0.717) is 24.1 Å². The van der Waals surface area contributed by atoms with E-state index in [0.717, 1.165) is 12.0 Å². The number of halogens is 1. The number of rotatable bonds is 5. The molecule has 4 nitrogen and oxygen atoms in total. The fourth-order valence-corrected chi connectivity index (χ4v) is 2.29. The first-order valence-corrected chi connectivity index (χ1v) is 7.28. The second kappa shape index (κ2) is 6.13. The van der Waals surface area contributed by atoms with Crippen LogP contribution in [0.25, 0.3) is 0 Å². The molecular formula is C17H17FN2O2. The number of carbonyl (C=O) groups is 1. The highest BCUT2D eigenvalue weighted by Gasteiger charge is 2.38. The highest BCUT2D eigenvalue weighted by Crippen LogP contribution is 2.37. The van der Waals surface area contributed by atoms with Gasteiger partial charge in [0.2, 0.25) is 11.8 Å². The van der Waals surface area contributed by atoms with Gasteiger partial charge < -0.3 is 10.1 Å². The number of nitrogens with zero attached hydrogens (tertiary/aromatic N) is 1. The Balaban J connectivity index is 1.68. The van der Waals surface area contributed by atoms with Crippen molar-refractivity contribution in [2.75, 3.05) is 0 Å². The predicted molar refractivity (Wildman–Crippen MR) is 79.8 cm³/mol. The van der Waals surface area contributed by atoms with Crippen LogP contribution in [0.2, 0.25) is 0 Å². The number of ether oxygens (including phenoxy) is 1. The molecule has 1 aromatic carbocycles. The van der Waals surface area contributed by atoms with Gasteiger partial charge in [-0.2, -0.15) is 0 Å². The van der Waals surface area contributed by atoms with Crippen molar-refractivity contribution < 1.29 is 13.9 Å². The van der Waals surface area contributed by atoms with E-state index in [2.05, 4.69) is 17.2 Å². The average molecular weight is 300 g/mol. The van der Waals surface area contributed by atoms with E-state index in [4.69, 9.17) is 4.74 Å². The third kappa shape index (κ3) is 3.42. The topological polar surface area (TPSA) is 51.2 Å². The number of amides is 1. The van der Waals surface area contributed by atoms with Crippen LogP contribution < -0.4 is 10.1 Å². The molecular weight excluding hydrogens is 283 g/mol. The van der Waals surface area contributed by atoms with Crippen molar-refractivity contribution in [1.29, 1.82) is 0 Å². The SMILES string of the molecule is C[C@H]1C[C@H]1C(=O)NCc1cccnc1Oc1cccc(F)c1. The van der Waals surface area contributed by atoms with Crippen molar-refractivity contribution in [2.24, 2.45) is 11.8 Å². The largest absolute Gasteiger partial charge is 0.439 e. The molecule has 22 heavy (non-hydrogen) atoms. The average Bonchev–Trinajstić information content (AvgIpc) is 3.23. The maximum Gasteiger partial charge on any atom is 0.224 e. The first-order valence-electron chi connectivity index (χ1n) is 7.28. The van der Waals surface area contributed by atoms with Gasteiger partial charge >= 0.3 is 0 Å². The number of pyridine rings is 1. The molecule has 3 rings (SSSR count). The molecule has 0 saturated heterocycles. The van der Waals surface area contributed by atoms with E-state index in [1.54, 1.807) is 24.4 Å². The van der Waals surface area contributed by atoms with E-state index in [1.165, 1.54) is 12.1 Å². The number of carbonyl (C=O) groups excluding carboxylic acids is 1. The lowest BCUT2D eigenvalue weighted by Crippen LogP contribution is -2.25. The summed E-state index contributed by atoms with van der Waals surface area (Å²) in [5, 5.41) is 2.90. The van der Waals surface area contributed by atoms with Crippen molar-refractivity contribution >= 4 is 5.91 Å². The standard InChI is InChI=1S/C17H17FN2O2/c1-11-8-15(11)16(21)20-10-12-4-3-7-19-17(12)22-14-6-2-5-13(18)9-14/h2-7,9,11,15H,8,10H2,1H3,(H,20,21)/t11-,15+/m0/s1. The van der Waals surface area contributed by atoms with Crippen LogP contribution in [0, 0.1) is 17.7 Å². The Labute approximate surface area is 128 Å². The number of nitrogens with one attached hydrogen (secondary N) is 1. The van der Waals surface area contributed by atoms with Gasteiger partial charge in [-0.15, -0.1) is 0 Å². The van der Waals surface area contributed by atoms with Gasteiger partial charge in [-0.1, -0.05) is 19.1 Å². The van der Waals surface area contributed by atoms with Gasteiger partial charge in [-0.25, -0.2) is 9.37 Å². The molecule has 0 bridgehead atoms. The molecule has 1 N–H and O–H groups in total. The van der Waals surface area contributed by atoms with E-state index in [1.807, 2.05) is 6.07 Å². The van der Waals surface area contributed by atoms with Crippen LogP contribution in [-0.4, -0.2) is 10.9 Å². The Morgan fingerprint density at radius 3 is 2.95 bits per heavy atom. The summed E-state index contributed by atoms with van der Waals surface area (Å²) in [6, 6.07) is 9.49. The second-order valence-corrected chi connectivity index (χ2v) is 5.56. The van der Waals surface area contributed by atoms with E-state index < -0.39 is 0 Å². The summed E-state index contributed by atoms with van der Waals surface area (Å²) in [5.41, 5.74) is 0.758. The molecule has 0 aliphatic heterocycles. The fraction of sp³-hybridized carbons (Fsp3) is 0.294. The Morgan fingerprint density at radius 1 is 1.41 bits per heavy atom. The molecule has 5 heteroatoms. The monoisotopic (exact) mass is 300 g/mol. The Morgan fingerprint density at radius 2 is 2.23 bits per heavy atom. The molecule has 0 spiro atoms. The molecule has 1 heterocycles. The van der Waals surface area contributed by atoms with Crippen LogP contribution in [-0.2, 0) is 11.3 Å². The van der Waals surface area contributed by atoms with Crippen molar-refractivity contribution in [3.8, 4) is 11.6 Å². The van der Waals surface area contributed by atoms with Gasteiger partial charge in [0, 0.05) is 30.3 Å². The van der Waals surface area contributed by atoms with Crippen LogP contribution in [0.1, 0.15) is 18.9 Å². The molecule has 114 valence electrons.